The highest BCUT2D eigenvalue weighted by Crippen LogP contribution is 2.09. The van der Waals surface area contributed by atoms with E-state index in [-0.39, 0.29) is 5.91 Å². The number of fused-ring (bicyclic) bond motifs is 1. The third-order valence-electron chi connectivity index (χ3n) is 2.96. The average molecular weight is 303 g/mol. The highest BCUT2D eigenvalue weighted by Gasteiger charge is 2.20. The first-order chi connectivity index (χ1) is 10.4. The SMILES string of the molecule is CC(C)(C)OC(=O)NCCNC(=O)c1cccc2c1[B]OC2. The lowest BCUT2D eigenvalue weighted by atomic mass is 9.83. The lowest BCUT2D eigenvalue weighted by Crippen LogP contribution is -2.39. The molecule has 1 radical (unpaired) electrons. The quantitative estimate of drug-likeness (QED) is 0.634. The number of rotatable bonds is 4. The smallest absolute Gasteiger partial charge is 0.407 e. The van der Waals surface area contributed by atoms with Crippen LogP contribution in [0.25, 0.3) is 0 Å². The van der Waals surface area contributed by atoms with Gasteiger partial charge in [-0.1, -0.05) is 12.1 Å². The summed E-state index contributed by atoms with van der Waals surface area (Å²) in [5.41, 5.74) is 1.86. The number of hydrogen-bond acceptors (Lipinski definition) is 4. The highest BCUT2D eigenvalue weighted by atomic mass is 16.6. The molecule has 0 bridgehead atoms. The van der Waals surface area contributed by atoms with Crippen molar-refractivity contribution in [1.82, 2.24) is 10.6 Å². The first-order valence-electron chi connectivity index (χ1n) is 7.18. The second kappa shape index (κ2) is 6.83. The Bertz CT molecular complexity index is 569. The Balaban J connectivity index is 1.77. The molecule has 0 aliphatic carbocycles. The van der Waals surface area contributed by atoms with E-state index in [2.05, 4.69) is 10.6 Å². The Kier molecular flexibility index (Phi) is 5.08. The molecule has 0 saturated heterocycles. The van der Waals surface area contributed by atoms with Crippen molar-refractivity contribution >= 4 is 24.9 Å². The third kappa shape index (κ3) is 4.49. The molecule has 1 aliphatic heterocycles. The maximum absolute atomic E-state index is 12.1. The minimum atomic E-state index is -0.534. The van der Waals surface area contributed by atoms with Crippen molar-refractivity contribution < 1.29 is 19.0 Å². The Hall–Kier alpha value is -2.02. The van der Waals surface area contributed by atoms with Gasteiger partial charge in [-0.2, -0.15) is 0 Å². The maximum Gasteiger partial charge on any atom is 0.407 e. The van der Waals surface area contributed by atoms with Gasteiger partial charge in [-0.05, 0) is 37.9 Å². The van der Waals surface area contributed by atoms with E-state index >= 15 is 0 Å². The second-order valence-electron chi connectivity index (χ2n) is 5.99. The molecule has 7 heteroatoms. The first kappa shape index (κ1) is 16.4. The van der Waals surface area contributed by atoms with Crippen LogP contribution in [0.4, 0.5) is 4.79 Å². The van der Waals surface area contributed by atoms with Gasteiger partial charge in [0.2, 0.25) is 0 Å². The van der Waals surface area contributed by atoms with Crippen LogP contribution in [0.3, 0.4) is 0 Å². The zero-order valence-corrected chi connectivity index (χ0v) is 13.1. The summed E-state index contributed by atoms with van der Waals surface area (Å²) in [4.78, 5) is 23.6. The van der Waals surface area contributed by atoms with Crippen molar-refractivity contribution in [3.63, 3.8) is 0 Å². The van der Waals surface area contributed by atoms with Gasteiger partial charge in [0.1, 0.15) is 5.60 Å². The van der Waals surface area contributed by atoms with Crippen LogP contribution in [0, 0.1) is 0 Å². The Labute approximate surface area is 130 Å². The van der Waals surface area contributed by atoms with Crippen LogP contribution >= 0.6 is 0 Å². The molecule has 2 amide bonds. The number of alkyl carbamates (subject to hydrolysis) is 1. The molecule has 1 aromatic carbocycles. The topological polar surface area (TPSA) is 76.7 Å². The minimum absolute atomic E-state index is 0.190. The summed E-state index contributed by atoms with van der Waals surface area (Å²) in [7, 11) is 1.60. The van der Waals surface area contributed by atoms with E-state index in [4.69, 9.17) is 9.39 Å². The van der Waals surface area contributed by atoms with Gasteiger partial charge in [0.05, 0.1) is 6.61 Å². The fraction of sp³-hybridized carbons (Fsp3) is 0.467. The molecular weight excluding hydrogens is 283 g/mol. The zero-order chi connectivity index (χ0) is 16.2. The summed E-state index contributed by atoms with van der Waals surface area (Å²) in [5.74, 6) is -0.190. The number of carbonyl (C=O) groups excluding carboxylic acids is 2. The fourth-order valence-corrected chi connectivity index (χ4v) is 2.04. The van der Waals surface area contributed by atoms with Crippen molar-refractivity contribution in [2.75, 3.05) is 13.1 Å². The number of carbonyl (C=O) groups is 2. The molecule has 0 fully saturated rings. The largest absolute Gasteiger partial charge is 0.444 e. The summed E-state index contributed by atoms with van der Waals surface area (Å²) in [5, 5.41) is 5.35. The van der Waals surface area contributed by atoms with Crippen LogP contribution in [0.15, 0.2) is 18.2 Å². The fourth-order valence-electron chi connectivity index (χ4n) is 2.04. The summed E-state index contributed by atoms with van der Waals surface area (Å²) < 4.78 is 10.3. The molecule has 2 rings (SSSR count). The Morgan fingerprint density at radius 1 is 1.27 bits per heavy atom. The van der Waals surface area contributed by atoms with Crippen LogP contribution in [0.5, 0.6) is 0 Å². The lowest BCUT2D eigenvalue weighted by molar-refractivity contribution is 0.0526. The third-order valence-corrected chi connectivity index (χ3v) is 2.96. The average Bonchev–Trinajstić information content (AvgIpc) is 2.89. The normalized spacial score (nSPS) is 13.0. The Morgan fingerprint density at radius 3 is 2.73 bits per heavy atom. The maximum atomic E-state index is 12.1. The molecule has 2 N–H and O–H groups in total. The van der Waals surface area contributed by atoms with Gasteiger partial charge in [-0.25, -0.2) is 4.79 Å². The standard InChI is InChI=1S/C15H20BN2O4/c1-15(2,3)22-14(20)18-8-7-17-13(19)11-6-4-5-10-9-21-16-12(10)11/h4-6H,7-9H2,1-3H3,(H,17,19)(H,18,20). The molecule has 1 aliphatic rings. The van der Waals surface area contributed by atoms with Gasteiger partial charge in [-0.15, -0.1) is 0 Å². The van der Waals surface area contributed by atoms with Crippen LogP contribution in [0.2, 0.25) is 0 Å². The van der Waals surface area contributed by atoms with E-state index in [1.54, 1.807) is 34.3 Å². The van der Waals surface area contributed by atoms with Crippen LogP contribution in [-0.4, -0.2) is 38.2 Å². The van der Waals surface area contributed by atoms with E-state index in [0.29, 0.717) is 25.3 Å². The second-order valence-corrected chi connectivity index (χ2v) is 5.99. The molecule has 1 aromatic rings. The van der Waals surface area contributed by atoms with Crippen molar-refractivity contribution in [2.24, 2.45) is 0 Å². The summed E-state index contributed by atoms with van der Waals surface area (Å²) in [6.45, 7) is 6.50. The molecule has 0 unspecified atom stereocenters. The first-order valence-corrected chi connectivity index (χ1v) is 7.18. The lowest BCUT2D eigenvalue weighted by Gasteiger charge is -2.19. The minimum Gasteiger partial charge on any atom is -0.444 e. The van der Waals surface area contributed by atoms with Gasteiger partial charge in [-0.3, -0.25) is 4.79 Å². The highest BCUT2D eigenvalue weighted by molar-refractivity contribution is 6.51. The van der Waals surface area contributed by atoms with Gasteiger partial charge < -0.3 is 20.0 Å². The van der Waals surface area contributed by atoms with Crippen LogP contribution < -0.4 is 16.1 Å². The Morgan fingerprint density at radius 2 is 2.00 bits per heavy atom. The summed E-state index contributed by atoms with van der Waals surface area (Å²) in [6.07, 6.45) is -0.496. The van der Waals surface area contributed by atoms with Crippen molar-refractivity contribution in [3.05, 3.63) is 29.3 Å². The number of benzene rings is 1. The predicted octanol–water partition coefficient (Wildman–Crippen LogP) is 0.716. The number of nitrogens with one attached hydrogen (secondary N) is 2. The zero-order valence-electron chi connectivity index (χ0n) is 13.1. The van der Waals surface area contributed by atoms with Gasteiger partial charge in [0.25, 0.3) is 5.91 Å². The molecule has 22 heavy (non-hydrogen) atoms. The monoisotopic (exact) mass is 303 g/mol. The van der Waals surface area contributed by atoms with Gasteiger partial charge in [0, 0.05) is 18.7 Å². The van der Waals surface area contributed by atoms with Crippen molar-refractivity contribution in [1.29, 1.82) is 0 Å². The predicted molar refractivity (Wildman–Crippen MR) is 83.2 cm³/mol. The van der Waals surface area contributed by atoms with Crippen molar-refractivity contribution in [3.8, 4) is 0 Å². The number of ether oxygens (including phenoxy) is 1. The summed E-state index contributed by atoms with van der Waals surface area (Å²) >= 11 is 0. The molecule has 1 heterocycles. The molecule has 0 atom stereocenters. The summed E-state index contributed by atoms with van der Waals surface area (Å²) in [6, 6.07) is 5.51. The van der Waals surface area contributed by atoms with Gasteiger partial charge in [0.15, 0.2) is 0 Å². The van der Waals surface area contributed by atoms with E-state index in [0.717, 1.165) is 11.0 Å². The molecule has 0 saturated carbocycles. The molecule has 0 spiro atoms. The molecule has 0 aromatic heterocycles. The van der Waals surface area contributed by atoms with E-state index in [9.17, 15) is 9.59 Å². The van der Waals surface area contributed by atoms with Crippen LogP contribution in [-0.2, 0) is 16.0 Å². The van der Waals surface area contributed by atoms with Crippen LogP contribution in [0.1, 0.15) is 36.7 Å². The van der Waals surface area contributed by atoms with Crippen molar-refractivity contribution in [2.45, 2.75) is 33.0 Å². The van der Waals surface area contributed by atoms with E-state index in [1.807, 2.05) is 12.1 Å². The molecule has 6 nitrogen and oxygen atoms in total. The molecular formula is C15H20BN2O4. The van der Waals surface area contributed by atoms with Gasteiger partial charge >= 0.3 is 13.6 Å². The number of amides is 2. The van der Waals surface area contributed by atoms with E-state index in [1.165, 1.54) is 0 Å². The molecule has 117 valence electrons. The number of hydrogen-bond donors (Lipinski definition) is 2. The van der Waals surface area contributed by atoms with E-state index < -0.39 is 11.7 Å².